The Labute approximate surface area is 131 Å². The second-order valence-electron chi connectivity index (χ2n) is 6.07. The second kappa shape index (κ2) is 7.05. The largest absolute Gasteiger partial charge is 0.378 e. The third-order valence-corrected chi connectivity index (χ3v) is 4.61. The maximum atomic E-state index is 12.8. The first-order valence-corrected chi connectivity index (χ1v) is 8.19. The maximum absolute atomic E-state index is 12.8. The van der Waals surface area contributed by atoms with Crippen LogP contribution >= 0.6 is 0 Å². The van der Waals surface area contributed by atoms with Crippen molar-refractivity contribution in [2.24, 2.45) is 5.92 Å². The van der Waals surface area contributed by atoms with Gasteiger partial charge in [0.25, 0.3) is 0 Å². The van der Waals surface area contributed by atoms with Gasteiger partial charge in [0.2, 0.25) is 5.91 Å². The van der Waals surface area contributed by atoms with Gasteiger partial charge in [0.15, 0.2) is 5.82 Å². The normalized spacial score (nSPS) is 26.6. The number of amides is 1. The minimum atomic E-state index is 0.0248. The number of anilines is 1. The Morgan fingerprint density at radius 1 is 1.27 bits per heavy atom. The van der Waals surface area contributed by atoms with Crippen LogP contribution in [0.1, 0.15) is 26.2 Å². The standard InChI is InChI=1S/C16H24N4O2/c1-13-14(5-3-12-22-13)16(21)20-9-4-8-19(10-11-20)15-6-2-7-17-18-15/h2,6-7,13-14H,3-5,8-12H2,1H3/t13-,14+/m0/s1. The molecule has 1 aromatic heterocycles. The van der Waals surface area contributed by atoms with Crippen LogP contribution in [0.2, 0.25) is 0 Å². The zero-order valence-electron chi connectivity index (χ0n) is 13.1. The fourth-order valence-corrected chi connectivity index (χ4v) is 3.31. The lowest BCUT2D eigenvalue weighted by Crippen LogP contribution is -2.44. The van der Waals surface area contributed by atoms with E-state index in [9.17, 15) is 4.79 Å². The summed E-state index contributed by atoms with van der Waals surface area (Å²) in [4.78, 5) is 17.0. The van der Waals surface area contributed by atoms with E-state index in [4.69, 9.17) is 4.74 Å². The molecular weight excluding hydrogens is 280 g/mol. The van der Waals surface area contributed by atoms with E-state index in [2.05, 4.69) is 15.1 Å². The van der Waals surface area contributed by atoms with E-state index in [1.54, 1.807) is 6.20 Å². The summed E-state index contributed by atoms with van der Waals surface area (Å²) in [5, 5.41) is 8.11. The van der Waals surface area contributed by atoms with Gasteiger partial charge in [-0.1, -0.05) is 0 Å². The molecule has 0 aromatic carbocycles. The van der Waals surface area contributed by atoms with Crippen molar-refractivity contribution in [1.29, 1.82) is 0 Å². The topological polar surface area (TPSA) is 58.6 Å². The average Bonchev–Trinajstić information content (AvgIpc) is 2.81. The Kier molecular flexibility index (Phi) is 4.87. The highest BCUT2D eigenvalue weighted by Crippen LogP contribution is 2.23. The molecule has 0 spiro atoms. The maximum Gasteiger partial charge on any atom is 0.228 e. The predicted molar refractivity (Wildman–Crippen MR) is 83.6 cm³/mol. The van der Waals surface area contributed by atoms with Crippen LogP contribution in [0, 0.1) is 5.92 Å². The van der Waals surface area contributed by atoms with Gasteiger partial charge in [0.05, 0.1) is 12.0 Å². The molecular formula is C16H24N4O2. The van der Waals surface area contributed by atoms with Gasteiger partial charge in [-0.3, -0.25) is 4.79 Å². The van der Waals surface area contributed by atoms with Gasteiger partial charge in [0.1, 0.15) is 0 Å². The van der Waals surface area contributed by atoms with Crippen molar-refractivity contribution in [1.82, 2.24) is 15.1 Å². The summed E-state index contributed by atoms with van der Waals surface area (Å²) in [5.41, 5.74) is 0. The number of hydrogen-bond acceptors (Lipinski definition) is 5. The van der Waals surface area contributed by atoms with Crippen LogP contribution < -0.4 is 4.90 Å². The molecule has 2 atom stereocenters. The lowest BCUT2D eigenvalue weighted by atomic mass is 9.94. The molecule has 2 aliphatic heterocycles. The smallest absolute Gasteiger partial charge is 0.228 e. The molecule has 0 unspecified atom stereocenters. The minimum Gasteiger partial charge on any atom is -0.378 e. The van der Waals surface area contributed by atoms with Crippen LogP contribution in [0.4, 0.5) is 5.82 Å². The van der Waals surface area contributed by atoms with Crippen LogP contribution in [0.15, 0.2) is 18.3 Å². The Morgan fingerprint density at radius 3 is 2.95 bits per heavy atom. The van der Waals surface area contributed by atoms with Gasteiger partial charge in [-0.05, 0) is 38.3 Å². The van der Waals surface area contributed by atoms with Crippen molar-refractivity contribution >= 4 is 11.7 Å². The van der Waals surface area contributed by atoms with Crippen molar-refractivity contribution in [2.45, 2.75) is 32.3 Å². The fourth-order valence-electron chi connectivity index (χ4n) is 3.31. The Hall–Kier alpha value is -1.69. The Bertz CT molecular complexity index is 496. The van der Waals surface area contributed by atoms with E-state index in [1.807, 2.05) is 24.0 Å². The van der Waals surface area contributed by atoms with Gasteiger partial charge < -0.3 is 14.5 Å². The summed E-state index contributed by atoms with van der Waals surface area (Å²) in [7, 11) is 0. The lowest BCUT2D eigenvalue weighted by Gasteiger charge is -2.32. The van der Waals surface area contributed by atoms with E-state index in [0.717, 1.165) is 57.9 Å². The first-order chi connectivity index (χ1) is 10.8. The molecule has 0 saturated carbocycles. The summed E-state index contributed by atoms with van der Waals surface area (Å²) in [5.74, 6) is 1.18. The zero-order chi connectivity index (χ0) is 15.4. The first kappa shape index (κ1) is 15.2. The van der Waals surface area contributed by atoms with Crippen molar-refractivity contribution in [3.63, 3.8) is 0 Å². The summed E-state index contributed by atoms with van der Waals surface area (Å²) in [6.45, 7) is 6.10. The molecule has 0 aliphatic carbocycles. The summed E-state index contributed by atoms with van der Waals surface area (Å²) >= 11 is 0. The highest BCUT2D eigenvalue weighted by Gasteiger charge is 2.32. The molecule has 3 heterocycles. The summed E-state index contributed by atoms with van der Waals surface area (Å²) in [6, 6.07) is 3.87. The monoisotopic (exact) mass is 304 g/mol. The van der Waals surface area contributed by atoms with Crippen molar-refractivity contribution < 1.29 is 9.53 Å². The highest BCUT2D eigenvalue weighted by molar-refractivity contribution is 5.79. The first-order valence-electron chi connectivity index (χ1n) is 8.19. The number of rotatable bonds is 2. The molecule has 1 amide bonds. The number of nitrogens with zero attached hydrogens (tertiary/aromatic N) is 4. The fraction of sp³-hybridized carbons (Fsp3) is 0.688. The molecule has 6 heteroatoms. The minimum absolute atomic E-state index is 0.0248. The van der Waals surface area contributed by atoms with Crippen LogP contribution in [0.3, 0.4) is 0 Å². The SMILES string of the molecule is C[C@@H]1OCCC[C@H]1C(=O)N1CCCN(c2cccnn2)CC1. The molecule has 2 fully saturated rings. The number of hydrogen-bond donors (Lipinski definition) is 0. The lowest BCUT2D eigenvalue weighted by molar-refractivity contribution is -0.143. The molecule has 22 heavy (non-hydrogen) atoms. The summed E-state index contributed by atoms with van der Waals surface area (Å²) in [6.07, 6.45) is 4.62. The third-order valence-electron chi connectivity index (χ3n) is 4.61. The average molecular weight is 304 g/mol. The Morgan fingerprint density at radius 2 is 2.18 bits per heavy atom. The van der Waals surface area contributed by atoms with Gasteiger partial charge in [-0.25, -0.2) is 0 Å². The van der Waals surface area contributed by atoms with E-state index in [-0.39, 0.29) is 17.9 Å². The predicted octanol–water partition coefficient (Wildman–Crippen LogP) is 1.33. The third kappa shape index (κ3) is 3.38. The van der Waals surface area contributed by atoms with Crippen LogP contribution in [0.5, 0.6) is 0 Å². The van der Waals surface area contributed by atoms with Crippen molar-refractivity contribution in [3.05, 3.63) is 18.3 Å². The van der Waals surface area contributed by atoms with Crippen molar-refractivity contribution in [3.8, 4) is 0 Å². The molecule has 0 radical (unpaired) electrons. The van der Waals surface area contributed by atoms with Gasteiger partial charge >= 0.3 is 0 Å². The van der Waals surface area contributed by atoms with Crippen LogP contribution in [-0.2, 0) is 9.53 Å². The molecule has 6 nitrogen and oxygen atoms in total. The van der Waals surface area contributed by atoms with Gasteiger partial charge in [-0.2, -0.15) is 5.10 Å². The quantitative estimate of drug-likeness (QED) is 0.825. The molecule has 0 N–H and O–H groups in total. The van der Waals surface area contributed by atoms with Crippen LogP contribution in [-0.4, -0.2) is 59.9 Å². The second-order valence-corrected chi connectivity index (χ2v) is 6.07. The van der Waals surface area contributed by atoms with E-state index in [1.165, 1.54) is 0 Å². The molecule has 2 aliphatic rings. The molecule has 2 saturated heterocycles. The number of aromatic nitrogens is 2. The van der Waals surface area contributed by atoms with Crippen molar-refractivity contribution in [2.75, 3.05) is 37.7 Å². The highest BCUT2D eigenvalue weighted by atomic mass is 16.5. The van der Waals surface area contributed by atoms with Gasteiger partial charge in [0, 0.05) is 39.0 Å². The van der Waals surface area contributed by atoms with E-state index >= 15 is 0 Å². The van der Waals surface area contributed by atoms with Gasteiger partial charge in [-0.15, -0.1) is 5.10 Å². The van der Waals surface area contributed by atoms with E-state index in [0.29, 0.717) is 0 Å². The number of carbonyl (C=O) groups excluding carboxylic acids is 1. The number of carbonyl (C=O) groups is 1. The molecule has 0 bridgehead atoms. The Balaban J connectivity index is 1.61. The molecule has 1 aromatic rings. The van der Waals surface area contributed by atoms with E-state index < -0.39 is 0 Å². The zero-order valence-corrected chi connectivity index (χ0v) is 13.1. The van der Waals surface area contributed by atoms with Crippen LogP contribution in [0.25, 0.3) is 0 Å². The summed E-state index contributed by atoms with van der Waals surface area (Å²) < 4.78 is 5.65. The number of ether oxygens (including phenoxy) is 1. The molecule has 3 rings (SSSR count). The molecule has 120 valence electrons.